The minimum atomic E-state index is -0.0502. The molecular formula is C9H9BrN2OS. The third-order valence-corrected chi connectivity index (χ3v) is 2.93. The Labute approximate surface area is 94.1 Å². The summed E-state index contributed by atoms with van der Waals surface area (Å²) in [6, 6.07) is 1.87. The minimum Gasteiger partial charge on any atom is -0.457 e. The van der Waals surface area contributed by atoms with E-state index in [0.717, 1.165) is 22.3 Å². The fourth-order valence-electron chi connectivity index (χ4n) is 1.22. The van der Waals surface area contributed by atoms with Crippen LogP contribution in [0.4, 0.5) is 0 Å². The van der Waals surface area contributed by atoms with Gasteiger partial charge in [0.2, 0.25) is 0 Å². The average Bonchev–Trinajstić information content (AvgIpc) is 2.75. The van der Waals surface area contributed by atoms with Gasteiger partial charge in [0.25, 0.3) is 0 Å². The van der Waals surface area contributed by atoms with Gasteiger partial charge in [-0.1, -0.05) is 0 Å². The van der Waals surface area contributed by atoms with Gasteiger partial charge in [0.1, 0.15) is 0 Å². The maximum absolute atomic E-state index is 5.97. The molecule has 0 bridgehead atoms. The van der Waals surface area contributed by atoms with E-state index in [0.29, 0.717) is 0 Å². The number of nitrogens with two attached hydrogens (primary N) is 1. The molecule has 2 heterocycles. The lowest BCUT2D eigenvalue weighted by atomic mass is 10.1. The van der Waals surface area contributed by atoms with E-state index in [1.165, 1.54) is 0 Å². The summed E-state index contributed by atoms with van der Waals surface area (Å²) in [7, 11) is 0. The van der Waals surface area contributed by atoms with Gasteiger partial charge in [0.05, 0.1) is 23.5 Å². The van der Waals surface area contributed by atoms with E-state index >= 15 is 0 Å². The van der Waals surface area contributed by atoms with Crippen LogP contribution in [0.15, 0.2) is 32.3 Å². The number of rotatable bonds is 3. The lowest BCUT2D eigenvalue weighted by Gasteiger charge is -2.05. The Kier molecular flexibility index (Phi) is 3.00. The summed E-state index contributed by atoms with van der Waals surface area (Å²) in [6.45, 7) is 0. The third kappa shape index (κ3) is 2.23. The van der Waals surface area contributed by atoms with Crippen LogP contribution >= 0.6 is 27.3 Å². The molecule has 0 aliphatic carbocycles. The second kappa shape index (κ2) is 4.25. The minimum absolute atomic E-state index is 0.0502. The number of furan rings is 1. The zero-order valence-electron chi connectivity index (χ0n) is 7.31. The van der Waals surface area contributed by atoms with E-state index in [2.05, 4.69) is 20.9 Å². The van der Waals surface area contributed by atoms with Crippen LogP contribution in [0.5, 0.6) is 0 Å². The summed E-state index contributed by atoms with van der Waals surface area (Å²) in [5.41, 5.74) is 9.78. The second-order valence-electron chi connectivity index (χ2n) is 2.98. The number of hydrogen-bond donors (Lipinski definition) is 1. The molecule has 74 valence electrons. The summed E-state index contributed by atoms with van der Waals surface area (Å²) >= 11 is 4.81. The van der Waals surface area contributed by atoms with Crippen molar-refractivity contribution < 1.29 is 4.42 Å². The Hall–Kier alpha value is -0.650. The molecule has 0 aliphatic rings. The maximum atomic E-state index is 5.97. The SMILES string of the molecule is NC(Cc1coc(Br)c1)c1cscn1. The van der Waals surface area contributed by atoms with Gasteiger partial charge in [-0.15, -0.1) is 11.3 Å². The van der Waals surface area contributed by atoms with Crippen LogP contribution in [-0.4, -0.2) is 4.98 Å². The highest BCUT2D eigenvalue weighted by Crippen LogP contribution is 2.20. The summed E-state index contributed by atoms with van der Waals surface area (Å²) < 4.78 is 5.86. The summed E-state index contributed by atoms with van der Waals surface area (Å²) in [5, 5.41) is 1.97. The maximum Gasteiger partial charge on any atom is 0.169 e. The molecule has 2 aromatic rings. The predicted octanol–water partition coefficient (Wildman–Crippen LogP) is 2.74. The van der Waals surface area contributed by atoms with Gasteiger partial charge < -0.3 is 10.2 Å². The number of nitrogens with zero attached hydrogens (tertiary/aromatic N) is 1. The molecule has 1 unspecified atom stereocenters. The summed E-state index contributed by atoms with van der Waals surface area (Å²) in [4.78, 5) is 4.17. The van der Waals surface area contributed by atoms with Gasteiger partial charge in [-0.3, -0.25) is 0 Å². The first-order valence-corrected chi connectivity index (χ1v) is 5.86. The Bertz CT molecular complexity index is 399. The second-order valence-corrected chi connectivity index (χ2v) is 4.48. The van der Waals surface area contributed by atoms with Crippen LogP contribution in [0, 0.1) is 0 Å². The highest BCUT2D eigenvalue weighted by Gasteiger charge is 2.10. The van der Waals surface area contributed by atoms with E-state index in [9.17, 15) is 0 Å². The van der Waals surface area contributed by atoms with Crippen LogP contribution in [0.3, 0.4) is 0 Å². The van der Waals surface area contributed by atoms with Crippen molar-refractivity contribution in [3.05, 3.63) is 39.1 Å². The predicted molar refractivity (Wildman–Crippen MR) is 59.2 cm³/mol. The molecule has 0 aromatic carbocycles. The fraction of sp³-hybridized carbons (Fsp3) is 0.222. The number of halogens is 1. The normalized spacial score (nSPS) is 13.0. The molecule has 0 fully saturated rings. The number of thiazole rings is 1. The Morgan fingerprint density at radius 1 is 1.64 bits per heavy atom. The van der Waals surface area contributed by atoms with Crippen LogP contribution in [-0.2, 0) is 6.42 Å². The average molecular weight is 273 g/mol. The highest BCUT2D eigenvalue weighted by molar-refractivity contribution is 9.10. The molecule has 0 saturated heterocycles. The first-order valence-electron chi connectivity index (χ1n) is 4.12. The van der Waals surface area contributed by atoms with E-state index in [1.54, 1.807) is 23.1 Å². The Morgan fingerprint density at radius 2 is 2.50 bits per heavy atom. The topological polar surface area (TPSA) is 52.0 Å². The van der Waals surface area contributed by atoms with Crippen molar-refractivity contribution in [1.29, 1.82) is 0 Å². The molecule has 14 heavy (non-hydrogen) atoms. The number of hydrogen-bond acceptors (Lipinski definition) is 4. The Balaban J connectivity index is 2.05. The molecule has 1 atom stereocenters. The lowest BCUT2D eigenvalue weighted by molar-refractivity contribution is 0.536. The zero-order valence-corrected chi connectivity index (χ0v) is 9.72. The standard InChI is InChI=1S/C9H9BrN2OS/c10-9-2-6(3-13-9)1-7(11)8-4-14-5-12-8/h2-5,7H,1,11H2. The Morgan fingerprint density at radius 3 is 3.07 bits per heavy atom. The van der Waals surface area contributed by atoms with Crippen molar-refractivity contribution in [2.24, 2.45) is 5.73 Å². The first kappa shape index (κ1) is 9.89. The lowest BCUT2D eigenvalue weighted by Crippen LogP contribution is -2.13. The van der Waals surface area contributed by atoms with Crippen LogP contribution < -0.4 is 5.73 Å². The molecule has 0 saturated carbocycles. The molecule has 2 N–H and O–H groups in total. The van der Waals surface area contributed by atoms with Crippen LogP contribution in [0.1, 0.15) is 17.3 Å². The van der Waals surface area contributed by atoms with Crippen LogP contribution in [0.2, 0.25) is 0 Å². The zero-order chi connectivity index (χ0) is 9.97. The van der Waals surface area contributed by atoms with Crippen LogP contribution in [0.25, 0.3) is 0 Å². The molecular weight excluding hydrogens is 264 g/mol. The van der Waals surface area contributed by atoms with Gasteiger partial charge in [-0.25, -0.2) is 4.98 Å². The van der Waals surface area contributed by atoms with Crippen molar-refractivity contribution in [2.45, 2.75) is 12.5 Å². The van der Waals surface area contributed by atoms with Crippen molar-refractivity contribution >= 4 is 27.3 Å². The van der Waals surface area contributed by atoms with Crippen molar-refractivity contribution in [2.75, 3.05) is 0 Å². The summed E-state index contributed by atoms with van der Waals surface area (Å²) in [5.74, 6) is 0. The van der Waals surface area contributed by atoms with E-state index in [-0.39, 0.29) is 6.04 Å². The smallest absolute Gasteiger partial charge is 0.169 e. The largest absolute Gasteiger partial charge is 0.457 e. The first-order chi connectivity index (χ1) is 6.75. The quantitative estimate of drug-likeness (QED) is 0.935. The van der Waals surface area contributed by atoms with Gasteiger partial charge in [-0.05, 0) is 34.0 Å². The molecule has 0 spiro atoms. The monoisotopic (exact) mass is 272 g/mol. The van der Waals surface area contributed by atoms with Gasteiger partial charge in [-0.2, -0.15) is 0 Å². The van der Waals surface area contributed by atoms with E-state index < -0.39 is 0 Å². The van der Waals surface area contributed by atoms with Crippen molar-refractivity contribution in [1.82, 2.24) is 4.98 Å². The fourth-order valence-corrected chi connectivity index (χ4v) is 2.22. The van der Waals surface area contributed by atoms with E-state index in [4.69, 9.17) is 10.2 Å². The summed E-state index contributed by atoms with van der Waals surface area (Å²) in [6.07, 6.45) is 2.45. The third-order valence-electron chi connectivity index (χ3n) is 1.91. The molecule has 0 radical (unpaired) electrons. The van der Waals surface area contributed by atoms with Gasteiger partial charge >= 0.3 is 0 Å². The number of aromatic nitrogens is 1. The highest BCUT2D eigenvalue weighted by atomic mass is 79.9. The van der Waals surface area contributed by atoms with Gasteiger partial charge in [0, 0.05) is 5.38 Å². The molecule has 2 rings (SSSR count). The molecule has 0 amide bonds. The van der Waals surface area contributed by atoms with Crippen molar-refractivity contribution in [3.63, 3.8) is 0 Å². The van der Waals surface area contributed by atoms with Crippen molar-refractivity contribution in [3.8, 4) is 0 Å². The molecule has 3 nitrogen and oxygen atoms in total. The molecule has 0 aliphatic heterocycles. The molecule has 2 aromatic heterocycles. The molecule has 5 heteroatoms. The van der Waals surface area contributed by atoms with Gasteiger partial charge in [0.15, 0.2) is 4.67 Å². The van der Waals surface area contributed by atoms with E-state index in [1.807, 2.05) is 11.4 Å².